The van der Waals surface area contributed by atoms with Crippen LogP contribution in [0.3, 0.4) is 0 Å². The third kappa shape index (κ3) is 8.17. The second kappa shape index (κ2) is 15.3. The standard InChI is InChI=1S/C38H40N6OS/c1-4-27(2)36(41-37(45)20-33-22-40-26-44(33)23-30-18-16-29(21-39)17-19-30)25-43(38(46)42-35-15-8-5-10-28(35)3)24-32-13-9-12-31-11-6-7-14-34(31)32/h5-19,22,26-27,36H,4,20,23-25H2,1-3H3,(H,41,45)(H,42,46)/t27-,36+/m0/s1. The number of anilines is 1. The molecule has 46 heavy (non-hydrogen) atoms. The molecular formula is C38H40N6OS. The number of amides is 1. The number of carbonyl (C=O) groups excluding carboxylic acids is 1. The Morgan fingerprint density at radius 3 is 2.52 bits per heavy atom. The molecule has 5 aromatic rings. The number of thiocarbonyl (C=S) groups is 1. The van der Waals surface area contributed by atoms with Gasteiger partial charge in [0.1, 0.15) is 0 Å². The zero-order chi connectivity index (χ0) is 32.5. The third-order valence-corrected chi connectivity index (χ3v) is 8.95. The van der Waals surface area contributed by atoms with Crippen molar-refractivity contribution in [1.29, 1.82) is 5.26 Å². The number of hydrogen-bond donors (Lipinski definition) is 2. The first kappa shape index (κ1) is 32.4. The van der Waals surface area contributed by atoms with Crippen LogP contribution in [0.1, 0.15) is 48.2 Å². The second-order valence-corrected chi connectivity index (χ2v) is 12.2. The Kier molecular flexibility index (Phi) is 10.8. The van der Waals surface area contributed by atoms with Crippen LogP contribution in [0.15, 0.2) is 104 Å². The van der Waals surface area contributed by atoms with Crippen LogP contribution in [-0.4, -0.2) is 38.1 Å². The third-order valence-electron chi connectivity index (χ3n) is 8.59. The Morgan fingerprint density at radius 1 is 1.02 bits per heavy atom. The van der Waals surface area contributed by atoms with Crippen LogP contribution in [0.2, 0.25) is 0 Å². The van der Waals surface area contributed by atoms with Gasteiger partial charge in [0, 0.05) is 43.3 Å². The van der Waals surface area contributed by atoms with Gasteiger partial charge in [-0.25, -0.2) is 4.98 Å². The maximum Gasteiger partial charge on any atom is 0.226 e. The molecule has 1 aromatic heterocycles. The van der Waals surface area contributed by atoms with Gasteiger partial charge in [0.15, 0.2) is 5.11 Å². The normalized spacial score (nSPS) is 12.2. The monoisotopic (exact) mass is 628 g/mol. The molecule has 234 valence electrons. The van der Waals surface area contributed by atoms with Crippen LogP contribution >= 0.6 is 12.2 Å². The lowest BCUT2D eigenvalue weighted by atomic mass is 9.97. The van der Waals surface area contributed by atoms with Crippen molar-refractivity contribution in [3.8, 4) is 6.07 Å². The summed E-state index contributed by atoms with van der Waals surface area (Å²) in [6, 6.07) is 32.3. The van der Waals surface area contributed by atoms with Gasteiger partial charge in [0.2, 0.25) is 5.91 Å². The fourth-order valence-electron chi connectivity index (χ4n) is 5.59. The minimum Gasteiger partial charge on any atom is -0.351 e. The zero-order valence-corrected chi connectivity index (χ0v) is 27.4. The van der Waals surface area contributed by atoms with Crippen molar-refractivity contribution in [2.45, 2.75) is 52.7 Å². The first-order valence-corrected chi connectivity index (χ1v) is 16.1. The number of benzene rings is 4. The quantitative estimate of drug-likeness (QED) is 0.142. The van der Waals surface area contributed by atoms with Crippen LogP contribution in [0, 0.1) is 24.2 Å². The van der Waals surface area contributed by atoms with E-state index < -0.39 is 0 Å². The predicted molar refractivity (Wildman–Crippen MR) is 189 cm³/mol. The number of aryl methyl sites for hydroxylation is 1. The molecule has 5 rings (SSSR count). The number of nitrogens with zero attached hydrogens (tertiary/aromatic N) is 4. The van der Waals surface area contributed by atoms with Crippen LogP contribution in [-0.2, 0) is 24.3 Å². The molecule has 2 N–H and O–H groups in total. The Morgan fingerprint density at radius 2 is 1.76 bits per heavy atom. The van der Waals surface area contributed by atoms with Gasteiger partial charge in [0.05, 0.1) is 24.4 Å². The van der Waals surface area contributed by atoms with Gasteiger partial charge in [-0.15, -0.1) is 0 Å². The molecule has 1 amide bonds. The number of carbonyl (C=O) groups is 1. The molecule has 0 unspecified atom stereocenters. The summed E-state index contributed by atoms with van der Waals surface area (Å²) in [6.45, 7) is 8.10. The molecule has 0 radical (unpaired) electrons. The van der Waals surface area contributed by atoms with Crippen LogP contribution in [0.5, 0.6) is 0 Å². The molecule has 0 bridgehead atoms. The minimum atomic E-state index is -0.140. The van der Waals surface area contributed by atoms with E-state index in [4.69, 9.17) is 17.5 Å². The number of nitriles is 1. The van der Waals surface area contributed by atoms with Gasteiger partial charge in [-0.3, -0.25) is 4.79 Å². The van der Waals surface area contributed by atoms with E-state index in [-0.39, 0.29) is 24.3 Å². The molecule has 0 fully saturated rings. The summed E-state index contributed by atoms with van der Waals surface area (Å²) >= 11 is 6.05. The van der Waals surface area contributed by atoms with Crippen molar-refractivity contribution in [3.63, 3.8) is 0 Å². The molecule has 0 aliphatic heterocycles. The highest BCUT2D eigenvalue weighted by Crippen LogP contribution is 2.23. The average Bonchev–Trinajstić information content (AvgIpc) is 3.50. The van der Waals surface area contributed by atoms with E-state index in [9.17, 15) is 4.79 Å². The molecule has 0 saturated carbocycles. The van der Waals surface area contributed by atoms with Crippen LogP contribution in [0.25, 0.3) is 10.8 Å². The Bertz CT molecular complexity index is 1840. The molecule has 2 atom stereocenters. The fraction of sp³-hybridized carbons (Fsp3) is 0.263. The zero-order valence-electron chi connectivity index (χ0n) is 26.6. The fourth-order valence-corrected chi connectivity index (χ4v) is 5.84. The SMILES string of the molecule is CC[C@H](C)[C@@H](CN(Cc1cccc2ccccc12)C(=S)Nc1ccccc1C)NC(=O)Cc1cncn1Cc1ccc(C#N)cc1. The van der Waals surface area contributed by atoms with Crippen molar-refractivity contribution in [2.75, 3.05) is 11.9 Å². The number of rotatable bonds is 12. The van der Waals surface area contributed by atoms with Crippen molar-refractivity contribution in [1.82, 2.24) is 19.8 Å². The number of imidazole rings is 1. The molecular weight excluding hydrogens is 589 g/mol. The van der Waals surface area contributed by atoms with Gasteiger partial charge >= 0.3 is 0 Å². The highest BCUT2D eigenvalue weighted by Gasteiger charge is 2.24. The van der Waals surface area contributed by atoms with Crippen molar-refractivity contribution in [3.05, 3.63) is 131 Å². The van der Waals surface area contributed by atoms with Gasteiger partial charge in [-0.1, -0.05) is 93.1 Å². The Labute approximate surface area is 276 Å². The highest BCUT2D eigenvalue weighted by atomic mass is 32.1. The predicted octanol–water partition coefficient (Wildman–Crippen LogP) is 7.24. The van der Waals surface area contributed by atoms with E-state index in [1.807, 2.05) is 34.9 Å². The molecule has 1 heterocycles. The lowest BCUT2D eigenvalue weighted by molar-refractivity contribution is -0.121. The molecule has 0 aliphatic rings. The van der Waals surface area contributed by atoms with E-state index in [1.54, 1.807) is 24.7 Å². The van der Waals surface area contributed by atoms with Crippen LogP contribution in [0.4, 0.5) is 5.69 Å². The summed E-state index contributed by atoms with van der Waals surface area (Å²) in [5.74, 6) is 0.151. The second-order valence-electron chi connectivity index (χ2n) is 11.8. The van der Waals surface area contributed by atoms with Crippen LogP contribution < -0.4 is 10.6 Å². The first-order valence-electron chi connectivity index (χ1n) is 15.7. The van der Waals surface area contributed by atoms with Crippen molar-refractivity contribution >= 4 is 39.7 Å². The maximum atomic E-state index is 13.6. The Balaban J connectivity index is 1.35. The summed E-state index contributed by atoms with van der Waals surface area (Å²) in [6.07, 6.45) is 4.60. The van der Waals surface area contributed by atoms with Gasteiger partial charge in [0.25, 0.3) is 0 Å². The molecule has 7 nitrogen and oxygen atoms in total. The summed E-state index contributed by atoms with van der Waals surface area (Å²) in [5.41, 5.74) is 5.74. The molecule has 0 spiro atoms. The summed E-state index contributed by atoms with van der Waals surface area (Å²) in [4.78, 5) is 20.1. The lowest BCUT2D eigenvalue weighted by Crippen LogP contribution is -2.50. The van der Waals surface area contributed by atoms with E-state index >= 15 is 0 Å². The van der Waals surface area contributed by atoms with Gasteiger partial charge in [-0.2, -0.15) is 5.26 Å². The summed E-state index contributed by atoms with van der Waals surface area (Å²) in [5, 5.41) is 18.9. The molecule has 0 aliphatic carbocycles. The van der Waals surface area contributed by atoms with Gasteiger partial charge in [-0.05, 0) is 70.7 Å². The molecule has 0 saturated heterocycles. The number of para-hydroxylation sites is 1. The molecule has 4 aromatic carbocycles. The van der Waals surface area contributed by atoms with Crippen molar-refractivity contribution < 1.29 is 4.79 Å². The van der Waals surface area contributed by atoms with E-state index in [2.05, 4.69) is 95.9 Å². The van der Waals surface area contributed by atoms with Gasteiger partial charge < -0.3 is 20.1 Å². The van der Waals surface area contributed by atoms with E-state index in [0.29, 0.717) is 30.3 Å². The topological polar surface area (TPSA) is 86.0 Å². The average molecular weight is 629 g/mol. The number of hydrogen-bond acceptors (Lipinski definition) is 4. The highest BCUT2D eigenvalue weighted by molar-refractivity contribution is 7.80. The minimum absolute atomic E-state index is 0.0604. The first-order chi connectivity index (χ1) is 22.3. The summed E-state index contributed by atoms with van der Waals surface area (Å²) in [7, 11) is 0. The maximum absolute atomic E-state index is 13.6. The van der Waals surface area contributed by atoms with Crippen molar-refractivity contribution in [2.24, 2.45) is 5.92 Å². The van der Waals surface area contributed by atoms with E-state index in [0.717, 1.165) is 28.9 Å². The smallest absolute Gasteiger partial charge is 0.226 e. The lowest BCUT2D eigenvalue weighted by Gasteiger charge is -2.33. The van der Waals surface area contributed by atoms with E-state index in [1.165, 1.54) is 16.3 Å². The molecule has 8 heteroatoms. The number of aromatic nitrogens is 2. The largest absolute Gasteiger partial charge is 0.351 e. The number of nitrogens with one attached hydrogen (secondary N) is 2. The Hall–Kier alpha value is -5.00. The summed E-state index contributed by atoms with van der Waals surface area (Å²) < 4.78 is 1.98. The number of fused-ring (bicyclic) bond motifs is 1.